The second-order valence-corrected chi connectivity index (χ2v) is 6.88. The van der Waals surface area contributed by atoms with E-state index in [4.69, 9.17) is 0 Å². The largest absolute Gasteiger partial charge is 0.354 e. The maximum Gasteiger partial charge on any atom is 0.242 e. The van der Waals surface area contributed by atoms with Crippen LogP contribution in [0.1, 0.15) is 44.0 Å². The molecule has 1 aromatic carbocycles. The number of aromatic nitrogens is 2. The Hall–Kier alpha value is -1.95. The van der Waals surface area contributed by atoms with Gasteiger partial charge in [-0.1, -0.05) is 43.7 Å². The zero-order chi connectivity index (χ0) is 16.8. The Balaban J connectivity index is 1.64. The average Bonchev–Trinajstić information content (AvgIpc) is 3.25. The van der Waals surface area contributed by atoms with E-state index in [-0.39, 0.29) is 11.9 Å². The fourth-order valence-electron chi connectivity index (χ4n) is 2.99. The second kappa shape index (κ2) is 8.24. The van der Waals surface area contributed by atoms with Gasteiger partial charge in [0.05, 0.1) is 0 Å². The monoisotopic (exact) mass is 344 g/mol. The minimum atomic E-state index is -0.0978. The molecule has 0 radical (unpaired) electrons. The van der Waals surface area contributed by atoms with Crippen LogP contribution < -0.4 is 10.2 Å². The molecule has 2 aromatic rings. The highest BCUT2D eigenvalue weighted by atomic mass is 32.1. The number of carbonyl (C=O) groups is 1. The molecule has 0 spiro atoms. The van der Waals surface area contributed by atoms with E-state index >= 15 is 0 Å². The number of nitrogens with zero attached hydrogens (tertiary/aromatic N) is 3. The second-order valence-electron chi connectivity index (χ2n) is 6.15. The molecule has 24 heavy (non-hydrogen) atoms. The van der Waals surface area contributed by atoms with Gasteiger partial charge in [0.1, 0.15) is 11.9 Å². The number of carbonyl (C=O) groups excluding carboxylic acids is 1. The summed E-state index contributed by atoms with van der Waals surface area (Å²) in [4.78, 5) is 19.2. The van der Waals surface area contributed by atoms with Gasteiger partial charge in [-0.3, -0.25) is 4.79 Å². The Morgan fingerprint density at radius 3 is 3.00 bits per heavy atom. The van der Waals surface area contributed by atoms with Crippen LogP contribution in [0.15, 0.2) is 30.3 Å². The minimum absolute atomic E-state index is 0.0978. The molecule has 3 rings (SSSR count). The van der Waals surface area contributed by atoms with E-state index in [1.165, 1.54) is 17.1 Å². The molecule has 0 unspecified atom stereocenters. The van der Waals surface area contributed by atoms with Crippen LogP contribution >= 0.6 is 11.5 Å². The molecule has 1 aromatic heterocycles. The lowest BCUT2D eigenvalue weighted by molar-refractivity contribution is -0.122. The highest BCUT2D eigenvalue weighted by Gasteiger charge is 2.32. The Morgan fingerprint density at radius 2 is 2.21 bits per heavy atom. The zero-order valence-corrected chi connectivity index (χ0v) is 14.9. The van der Waals surface area contributed by atoms with E-state index in [0.29, 0.717) is 0 Å². The first-order valence-electron chi connectivity index (χ1n) is 8.69. The molecule has 1 atom stereocenters. The number of hydrogen-bond donors (Lipinski definition) is 1. The summed E-state index contributed by atoms with van der Waals surface area (Å²) in [5.74, 6) is 0.957. The van der Waals surface area contributed by atoms with E-state index in [1.807, 2.05) is 18.2 Å². The zero-order valence-electron chi connectivity index (χ0n) is 14.1. The molecule has 0 aliphatic carbocycles. The Kier molecular flexibility index (Phi) is 5.80. The molecule has 1 aliphatic rings. The van der Waals surface area contributed by atoms with Crippen molar-refractivity contribution in [1.29, 1.82) is 0 Å². The number of hydrogen-bond acceptors (Lipinski definition) is 5. The number of nitrogens with one attached hydrogen (secondary N) is 1. The van der Waals surface area contributed by atoms with E-state index in [1.54, 1.807) is 0 Å². The summed E-state index contributed by atoms with van der Waals surface area (Å²) >= 11 is 1.40. The van der Waals surface area contributed by atoms with Gasteiger partial charge in [-0.25, -0.2) is 4.98 Å². The summed E-state index contributed by atoms with van der Waals surface area (Å²) in [7, 11) is 0. The van der Waals surface area contributed by atoms with E-state index in [2.05, 4.69) is 38.6 Å². The maximum atomic E-state index is 12.4. The summed E-state index contributed by atoms with van der Waals surface area (Å²) in [6.07, 6.45) is 4.77. The molecule has 0 saturated carbocycles. The van der Waals surface area contributed by atoms with E-state index in [0.717, 1.165) is 56.1 Å². The lowest BCUT2D eigenvalue weighted by Crippen LogP contribution is -2.43. The highest BCUT2D eigenvalue weighted by Crippen LogP contribution is 2.27. The Morgan fingerprint density at radius 1 is 1.38 bits per heavy atom. The van der Waals surface area contributed by atoms with Crippen LogP contribution in [-0.4, -0.2) is 34.4 Å². The Labute approximate surface area is 147 Å². The number of rotatable bonds is 7. The summed E-state index contributed by atoms with van der Waals surface area (Å²) < 4.78 is 4.48. The van der Waals surface area contributed by atoms with Crippen LogP contribution in [0.3, 0.4) is 0 Å². The van der Waals surface area contributed by atoms with Crippen LogP contribution in [0.5, 0.6) is 0 Å². The van der Waals surface area contributed by atoms with Crippen LogP contribution in [0.25, 0.3) is 0 Å². The molecule has 1 fully saturated rings. The predicted molar refractivity (Wildman–Crippen MR) is 97.4 cm³/mol. The third kappa shape index (κ3) is 4.12. The first-order valence-corrected chi connectivity index (χ1v) is 9.46. The summed E-state index contributed by atoms with van der Waals surface area (Å²) in [5, 5.41) is 3.92. The summed E-state index contributed by atoms with van der Waals surface area (Å²) in [5.41, 5.74) is 1.21. The van der Waals surface area contributed by atoms with Crippen LogP contribution in [0.2, 0.25) is 0 Å². The SMILES string of the molecule is CCCCNC(=O)[C@H]1CCCN1c1nc(Cc2ccccc2)ns1. The first-order chi connectivity index (χ1) is 11.8. The van der Waals surface area contributed by atoms with Crippen molar-refractivity contribution in [3.05, 3.63) is 41.7 Å². The summed E-state index contributed by atoms with van der Waals surface area (Å²) in [6, 6.07) is 10.1. The van der Waals surface area contributed by atoms with Crippen LogP contribution in [0, 0.1) is 0 Å². The van der Waals surface area contributed by atoms with Crippen molar-refractivity contribution in [3.63, 3.8) is 0 Å². The third-order valence-electron chi connectivity index (χ3n) is 4.29. The summed E-state index contributed by atoms with van der Waals surface area (Å²) in [6.45, 7) is 3.77. The molecular weight excluding hydrogens is 320 g/mol. The van der Waals surface area contributed by atoms with Crippen molar-refractivity contribution in [2.45, 2.75) is 45.1 Å². The van der Waals surface area contributed by atoms with Crippen molar-refractivity contribution in [3.8, 4) is 0 Å². The molecule has 1 N–H and O–H groups in total. The molecule has 1 saturated heterocycles. The van der Waals surface area contributed by atoms with Crippen molar-refractivity contribution >= 4 is 22.6 Å². The van der Waals surface area contributed by atoms with Gasteiger partial charge in [-0.05, 0) is 24.8 Å². The van der Waals surface area contributed by atoms with Crippen molar-refractivity contribution in [1.82, 2.24) is 14.7 Å². The van der Waals surface area contributed by atoms with E-state index < -0.39 is 0 Å². The minimum Gasteiger partial charge on any atom is -0.354 e. The van der Waals surface area contributed by atoms with Crippen LogP contribution in [0.4, 0.5) is 5.13 Å². The molecule has 1 aliphatic heterocycles. The Bertz CT molecular complexity index is 658. The van der Waals surface area contributed by atoms with Gasteiger partial charge in [0.25, 0.3) is 0 Å². The fraction of sp³-hybridized carbons (Fsp3) is 0.500. The number of benzene rings is 1. The van der Waals surface area contributed by atoms with Crippen LogP contribution in [-0.2, 0) is 11.2 Å². The number of unbranched alkanes of at least 4 members (excludes halogenated alkanes) is 1. The third-order valence-corrected chi connectivity index (χ3v) is 5.08. The normalized spacial score (nSPS) is 17.2. The first kappa shape index (κ1) is 16.9. The van der Waals surface area contributed by atoms with Gasteiger partial charge in [-0.2, -0.15) is 4.37 Å². The molecule has 5 nitrogen and oxygen atoms in total. The quantitative estimate of drug-likeness (QED) is 0.785. The van der Waals surface area contributed by atoms with Crippen molar-refractivity contribution in [2.75, 3.05) is 18.0 Å². The molecular formula is C18H24N4OS. The lowest BCUT2D eigenvalue weighted by atomic mass is 10.1. The standard InChI is InChI=1S/C18H24N4OS/c1-2-3-11-19-17(23)15-10-7-12-22(15)18-20-16(21-24-18)13-14-8-5-4-6-9-14/h4-6,8-9,15H,2-3,7,10-13H2,1H3,(H,19,23)/t15-/m1/s1. The maximum absolute atomic E-state index is 12.4. The topological polar surface area (TPSA) is 58.1 Å². The molecule has 1 amide bonds. The lowest BCUT2D eigenvalue weighted by Gasteiger charge is -2.22. The van der Waals surface area contributed by atoms with Gasteiger partial charge in [0.2, 0.25) is 11.0 Å². The average molecular weight is 344 g/mol. The van der Waals surface area contributed by atoms with E-state index in [9.17, 15) is 4.79 Å². The van der Waals surface area contributed by atoms with Gasteiger partial charge in [-0.15, -0.1) is 0 Å². The fourth-order valence-corrected chi connectivity index (χ4v) is 3.75. The van der Waals surface area contributed by atoms with Gasteiger partial charge in [0.15, 0.2) is 0 Å². The molecule has 2 heterocycles. The number of amides is 1. The predicted octanol–water partition coefficient (Wildman–Crippen LogP) is 3.01. The molecule has 0 bridgehead atoms. The highest BCUT2D eigenvalue weighted by molar-refractivity contribution is 7.09. The molecule has 128 valence electrons. The van der Waals surface area contributed by atoms with Gasteiger partial charge < -0.3 is 10.2 Å². The van der Waals surface area contributed by atoms with Gasteiger partial charge >= 0.3 is 0 Å². The van der Waals surface area contributed by atoms with Crippen molar-refractivity contribution < 1.29 is 4.79 Å². The number of anilines is 1. The van der Waals surface area contributed by atoms with Gasteiger partial charge in [0, 0.05) is 31.0 Å². The molecule has 6 heteroatoms. The van der Waals surface area contributed by atoms with Crippen molar-refractivity contribution in [2.24, 2.45) is 0 Å². The smallest absolute Gasteiger partial charge is 0.242 e.